The molecule has 0 bridgehead atoms. The molecule has 6 heteroatoms. The zero-order valence-corrected chi connectivity index (χ0v) is 18.7. The van der Waals surface area contributed by atoms with Crippen LogP contribution in [0.1, 0.15) is 29.8 Å². The molecule has 160 valence electrons. The number of hydrogen-bond donors (Lipinski definition) is 2. The zero-order chi connectivity index (χ0) is 22.2. The van der Waals surface area contributed by atoms with Crippen molar-refractivity contribution in [3.05, 3.63) is 83.9 Å². The number of ether oxygens (including phenoxy) is 1. The van der Waals surface area contributed by atoms with Gasteiger partial charge in [-0.2, -0.15) is 0 Å². The van der Waals surface area contributed by atoms with Crippen molar-refractivity contribution in [1.29, 1.82) is 0 Å². The predicted molar refractivity (Wildman–Crippen MR) is 127 cm³/mol. The minimum Gasteiger partial charge on any atom is -0.494 e. The summed E-state index contributed by atoms with van der Waals surface area (Å²) in [6.45, 7) is 6.31. The van der Waals surface area contributed by atoms with Crippen LogP contribution < -0.4 is 15.4 Å². The Morgan fingerprint density at radius 2 is 1.52 bits per heavy atom. The molecule has 3 aromatic rings. The molecule has 1 atom stereocenters. The van der Waals surface area contributed by atoms with E-state index in [0.29, 0.717) is 17.9 Å². The monoisotopic (exact) mass is 434 g/mol. The maximum Gasteiger partial charge on any atom is 0.255 e. The molecule has 0 saturated heterocycles. The first kappa shape index (κ1) is 22.4. The molecular weight excluding hydrogens is 408 g/mol. The first-order valence-electron chi connectivity index (χ1n) is 10.1. The SMILES string of the molecule is CCOc1ccc(NC(=O)C(C)Sc2ccc(NC(=O)c3ccccc3C)cc2)cc1. The molecule has 0 fully saturated rings. The minimum absolute atomic E-state index is 0.0777. The molecule has 3 rings (SSSR count). The Labute approximate surface area is 187 Å². The normalized spacial score (nSPS) is 11.5. The van der Waals surface area contributed by atoms with Crippen LogP contribution in [0.15, 0.2) is 77.7 Å². The number of carbonyl (C=O) groups is 2. The predicted octanol–water partition coefficient (Wildman–Crippen LogP) is 5.77. The van der Waals surface area contributed by atoms with Gasteiger partial charge in [0.15, 0.2) is 0 Å². The summed E-state index contributed by atoms with van der Waals surface area (Å²) in [5.74, 6) is 0.560. The second kappa shape index (κ2) is 10.7. The molecule has 0 heterocycles. The molecule has 0 aromatic heterocycles. The van der Waals surface area contributed by atoms with E-state index in [1.54, 1.807) is 6.07 Å². The van der Waals surface area contributed by atoms with Gasteiger partial charge in [0.2, 0.25) is 5.91 Å². The number of nitrogens with one attached hydrogen (secondary N) is 2. The van der Waals surface area contributed by atoms with Gasteiger partial charge in [-0.1, -0.05) is 18.2 Å². The summed E-state index contributed by atoms with van der Waals surface area (Å²) in [6, 6.07) is 22.3. The van der Waals surface area contributed by atoms with Crippen molar-refractivity contribution < 1.29 is 14.3 Å². The molecule has 0 spiro atoms. The van der Waals surface area contributed by atoms with Gasteiger partial charge >= 0.3 is 0 Å². The van der Waals surface area contributed by atoms with Crippen LogP contribution in [0.4, 0.5) is 11.4 Å². The van der Waals surface area contributed by atoms with E-state index in [1.165, 1.54) is 11.8 Å². The number of carbonyl (C=O) groups excluding carboxylic acids is 2. The van der Waals surface area contributed by atoms with Gasteiger partial charge in [0.05, 0.1) is 11.9 Å². The highest BCUT2D eigenvalue weighted by molar-refractivity contribution is 8.00. The highest BCUT2D eigenvalue weighted by atomic mass is 32.2. The van der Waals surface area contributed by atoms with Crippen LogP contribution in [0, 0.1) is 6.92 Å². The summed E-state index contributed by atoms with van der Waals surface area (Å²) in [5.41, 5.74) is 3.03. The van der Waals surface area contributed by atoms with Crippen LogP contribution >= 0.6 is 11.8 Å². The molecule has 0 saturated carbocycles. The number of rotatable bonds is 8. The molecule has 1 unspecified atom stereocenters. The summed E-state index contributed by atoms with van der Waals surface area (Å²) in [7, 11) is 0. The number of thioether (sulfide) groups is 1. The second-order valence-electron chi connectivity index (χ2n) is 7.00. The second-order valence-corrected chi connectivity index (χ2v) is 8.41. The number of amides is 2. The summed E-state index contributed by atoms with van der Waals surface area (Å²) < 4.78 is 5.41. The molecule has 0 aliphatic carbocycles. The minimum atomic E-state index is -0.279. The third-order valence-electron chi connectivity index (χ3n) is 4.62. The lowest BCUT2D eigenvalue weighted by atomic mass is 10.1. The van der Waals surface area contributed by atoms with Gasteiger partial charge in [-0.05, 0) is 80.9 Å². The van der Waals surface area contributed by atoms with Crippen molar-refractivity contribution in [2.24, 2.45) is 0 Å². The van der Waals surface area contributed by atoms with E-state index in [9.17, 15) is 9.59 Å². The van der Waals surface area contributed by atoms with Gasteiger partial charge in [0.25, 0.3) is 5.91 Å². The third-order valence-corrected chi connectivity index (χ3v) is 5.73. The molecule has 2 N–H and O–H groups in total. The van der Waals surface area contributed by atoms with Crippen LogP contribution in [0.2, 0.25) is 0 Å². The van der Waals surface area contributed by atoms with E-state index in [4.69, 9.17) is 4.74 Å². The topological polar surface area (TPSA) is 67.4 Å². The van der Waals surface area contributed by atoms with E-state index in [1.807, 2.05) is 87.5 Å². The third kappa shape index (κ3) is 6.36. The van der Waals surface area contributed by atoms with E-state index < -0.39 is 0 Å². The summed E-state index contributed by atoms with van der Waals surface area (Å²) in [5, 5.41) is 5.55. The van der Waals surface area contributed by atoms with Crippen molar-refractivity contribution in [2.45, 2.75) is 30.9 Å². The number of benzene rings is 3. The van der Waals surface area contributed by atoms with Crippen LogP contribution in [0.5, 0.6) is 5.75 Å². The number of aryl methyl sites for hydroxylation is 1. The highest BCUT2D eigenvalue weighted by Crippen LogP contribution is 2.26. The van der Waals surface area contributed by atoms with Gasteiger partial charge in [0, 0.05) is 21.8 Å². The van der Waals surface area contributed by atoms with Crippen LogP contribution in [-0.4, -0.2) is 23.7 Å². The van der Waals surface area contributed by atoms with Crippen molar-refractivity contribution in [2.75, 3.05) is 17.2 Å². The summed E-state index contributed by atoms with van der Waals surface area (Å²) in [6.07, 6.45) is 0. The molecule has 0 aliphatic rings. The lowest BCUT2D eigenvalue weighted by molar-refractivity contribution is -0.115. The first-order chi connectivity index (χ1) is 15.0. The fourth-order valence-electron chi connectivity index (χ4n) is 2.95. The summed E-state index contributed by atoms with van der Waals surface area (Å²) >= 11 is 1.46. The Morgan fingerprint density at radius 3 is 2.16 bits per heavy atom. The molecule has 5 nitrogen and oxygen atoms in total. The summed E-state index contributed by atoms with van der Waals surface area (Å²) in [4.78, 5) is 25.9. The van der Waals surface area contributed by atoms with E-state index >= 15 is 0 Å². The van der Waals surface area contributed by atoms with Crippen molar-refractivity contribution in [1.82, 2.24) is 0 Å². The largest absolute Gasteiger partial charge is 0.494 e. The highest BCUT2D eigenvalue weighted by Gasteiger charge is 2.15. The number of hydrogen-bond acceptors (Lipinski definition) is 4. The standard InChI is InChI=1S/C25H26N2O3S/c1-4-30-21-13-9-19(10-14-21)26-24(28)18(3)31-22-15-11-20(12-16-22)27-25(29)23-8-6-5-7-17(23)2/h5-16,18H,4H2,1-3H3,(H,26,28)(H,27,29). The van der Waals surface area contributed by atoms with Gasteiger partial charge in [-0.15, -0.1) is 11.8 Å². The Hall–Kier alpha value is -3.25. The molecule has 31 heavy (non-hydrogen) atoms. The Bertz CT molecular complexity index is 1030. The number of anilines is 2. The molecule has 2 amide bonds. The molecule has 3 aromatic carbocycles. The molecular formula is C25H26N2O3S. The van der Waals surface area contributed by atoms with E-state index in [0.717, 1.165) is 21.9 Å². The first-order valence-corrected chi connectivity index (χ1v) is 11.0. The lowest BCUT2D eigenvalue weighted by Gasteiger charge is -2.13. The van der Waals surface area contributed by atoms with Crippen LogP contribution in [0.25, 0.3) is 0 Å². The van der Waals surface area contributed by atoms with E-state index in [2.05, 4.69) is 10.6 Å². The lowest BCUT2D eigenvalue weighted by Crippen LogP contribution is -2.22. The van der Waals surface area contributed by atoms with Crippen LogP contribution in [-0.2, 0) is 4.79 Å². The van der Waals surface area contributed by atoms with Gasteiger partial charge < -0.3 is 15.4 Å². The Kier molecular flexibility index (Phi) is 7.73. The fourth-order valence-corrected chi connectivity index (χ4v) is 3.81. The smallest absolute Gasteiger partial charge is 0.255 e. The Morgan fingerprint density at radius 1 is 0.903 bits per heavy atom. The van der Waals surface area contributed by atoms with Gasteiger partial charge in [-0.25, -0.2) is 0 Å². The van der Waals surface area contributed by atoms with E-state index in [-0.39, 0.29) is 17.1 Å². The maximum absolute atomic E-state index is 12.5. The fraction of sp³-hybridized carbons (Fsp3) is 0.200. The average Bonchev–Trinajstić information content (AvgIpc) is 2.77. The quantitative estimate of drug-likeness (QED) is 0.442. The van der Waals surface area contributed by atoms with Crippen LogP contribution in [0.3, 0.4) is 0 Å². The molecule has 0 radical (unpaired) electrons. The van der Waals surface area contributed by atoms with Gasteiger partial charge in [-0.3, -0.25) is 9.59 Å². The van der Waals surface area contributed by atoms with Gasteiger partial charge in [0.1, 0.15) is 5.75 Å². The van der Waals surface area contributed by atoms with Crippen molar-refractivity contribution in [3.63, 3.8) is 0 Å². The Balaban J connectivity index is 1.54. The van der Waals surface area contributed by atoms with Crippen molar-refractivity contribution >= 4 is 35.0 Å². The maximum atomic E-state index is 12.5. The molecule has 0 aliphatic heterocycles. The van der Waals surface area contributed by atoms with Crippen molar-refractivity contribution in [3.8, 4) is 5.75 Å². The zero-order valence-electron chi connectivity index (χ0n) is 17.8. The average molecular weight is 435 g/mol.